The number of ether oxygens (including phenoxy) is 4. The van der Waals surface area contributed by atoms with Crippen LogP contribution in [0, 0.1) is 23.7 Å². The zero-order chi connectivity index (χ0) is 33.4. The van der Waals surface area contributed by atoms with Crippen LogP contribution in [0.1, 0.15) is 79.7 Å². The minimum atomic E-state index is -1.03. The minimum Gasteiger partial charge on any atom is -0.493 e. The van der Waals surface area contributed by atoms with Gasteiger partial charge in [0.15, 0.2) is 11.5 Å². The van der Waals surface area contributed by atoms with Crippen molar-refractivity contribution in [2.75, 3.05) is 34.0 Å². The molecule has 0 fully saturated rings. The molecule has 0 aliphatic carbocycles. The Morgan fingerprint density at radius 3 is 2.20 bits per heavy atom. The van der Waals surface area contributed by atoms with Gasteiger partial charge in [0.1, 0.15) is 5.60 Å². The Hall–Kier alpha value is -3.05. The first kappa shape index (κ1) is 39.0. The van der Waals surface area contributed by atoms with Crippen LogP contribution in [0.25, 0.3) is 0 Å². The van der Waals surface area contributed by atoms with Crippen LogP contribution in [0.2, 0.25) is 0 Å². The average molecular weight is 624 g/mol. The molecule has 0 aromatic heterocycles. The van der Waals surface area contributed by atoms with E-state index in [9.17, 15) is 19.5 Å². The van der Waals surface area contributed by atoms with Gasteiger partial charge in [-0.1, -0.05) is 33.8 Å². The van der Waals surface area contributed by atoms with Gasteiger partial charge in [-0.3, -0.25) is 9.59 Å². The third kappa shape index (κ3) is 15.1. The number of carbonyl (C=O) groups is 3. The van der Waals surface area contributed by atoms with Gasteiger partial charge >= 0.3 is 6.09 Å². The highest BCUT2D eigenvalue weighted by Gasteiger charge is 2.33. The van der Waals surface area contributed by atoms with Crippen LogP contribution in [-0.2, 0) is 25.5 Å². The molecule has 1 aromatic carbocycles. The highest BCUT2D eigenvalue weighted by atomic mass is 16.6. The van der Waals surface area contributed by atoms with Gasteiger partial charge in [0, 0.05) is 39.0 Å². The van der Waals surface area contributed by atoms with Gasteiger partial charge in [0.05, 0.1) is 25.9 Å². The Labute approximate surface area is 263 Å². The number of hydrogen-bond donors (Lipinski definition) is 4. The summed E-state index contributed by atoms with van der Waals surface area (Å²) in [4.78, 5) is 37.0. The third-order valence-electron chi connectivity index (χ3n) is 7.45. The van der Waals surface area contributed by atoms with Gasteiger partial charge in [0.25, 0.3) is 0 Å². The van der Waals surface area contributed by atoms with E-state index in [1.54, 1.807) is 35.0 Å². The van der Waals surface area contributed by atoms with Crippen molar-refractivity contribution in [3.63, 3.8) is 0 Å². The lowest BCUT2D eigenvalue weighted by Gasteiger charge is -2.33. The van der Waals surface area contributed by atoms with Gasteiger partial charge < -0.3 is 40.4 Å². The van der Waals surface area contributed by atoms with Crippen LogP contribution < -0.4 is 25.8 Å². The second kappa shape index (κ2) is 19.4. The van der Waals surface area contributed by atoms with Crippen LogP contribution in [0.5, 0.6) is 11.5 Å². The van der Waals surface area contributed by atoms with Gasteiger partial charge in [-0.15, -0.1) is 0 Å². The first-order valence-corrected chi connectivity index (χ1v) is 15.6. The number of nitrogens with one attached hydrogen (secondary N) is 2. The van der Waals surface area contributed by atoms with Crippen LogP contribution in [-0.4, -0.2) is 74.7 Å². The molecule has 0 spiro atoms. The van der Waals surface area contributed by atoms with Crippen molar-refractivity contribution in [1.29, 1.82) is 0 Å². The molecule has 0 unspecified atom stereocenters. The molecule has 11 heteroatoms. The average Bonchev–Trinajstić information content (AvgIpc) is 2.91. The maximum absolute atomic E-state index is 13.0. The molecule has 0 heterocycles. The molecule has 0 saturated heterocycles. The summed E-state index contributed by atoms with van der Waals surface area (Å²) < 4.78 is 22.1. The number of alkyl carbamates (subject to hydrolysis) is 1. The van der Waals surface area contributed by atoms with Crippen molar-refractivity contribution >= 4 is 17.9 Å². The number of rotatable bonds is 20. The number of carbonyl (C=O) groups excluding carboxylic acids is 3. The molecule has 5 N–H and O–H groups in total. The van der Waals surface area contributed by atoms with Crippen LogP contribution in [0.3, 0.4) is 0 Å². The fraction of sp³-hybridized carbons (Fsp3) is 0.727. The molecule has 44 heavy (non-hydrogen) atoms. The first-order valence-electron chi connectivity index (χ1n) is 15.6. The van der Waals surface area contributed by atoms with E-state index in [4.69, 9.17) is 24.7 Å². The molecule has 11 nitrogen and oxygen atoms in total. The summed E-state index contributed by atoms with van der Waals surface area (Å²) in [5.41, 5.74) is 5.52. The monoisotopic (exact) mass is 623 g/mol. The molecule has 1 aromatic rings. The molecule has 0 bridgehead atoms. The van der Waals surface area contributed by atoms with Crippen molar-refractivity contribution in [3.05, 3.63) is 23.8 Å². The standard InChI is InChI=1S/C33H57N3O8/c1-21(2)24(17-23-11-12-28(42-9)29(18-23)43-16-10-15-41-8)19-26(36-32(40)44-33(5,6)7)27(37)20-25(22(3)4)31(39)35-14-13-30(34)38/h11-12,18,21-22,24-27,37H,10,13-17,19-20H2,1-9H3,(H2,34,38)(H,35,39)(H,36,40)/t24-,25-,26-,27-/m0/s1. The number of aliphatic hydroxyl groups excluding tert-OH is 1. The number of methoxy groups -OCH3 is 2. The Morgan fingerprint density at radius 2 is 1.66 bits per heavy atom. The molecule has 0 aliphatic rings. The lowest BCUT2D eigenvalue weighted by Crippen LogP contribution is -2.49. The lowest BCUT2D eigenvalue weighted by molar-refractivity contribution is -0.127. The highest BCUT2D eigenvalue weighted by Crippen LogP contribution is 2.32. The Balaban J connectivity index is 3.22. The second-order valence-corrected chi connectivity index (χ2v) is 13.0. The molecule has 0 aliphatic heterocycles. The summed E-state index contributed by atoms with van der Waals surface area (Å²) in [6.07, 6.45) is 0.338. The second-order valence-electron chi connectivity index (χ2n) is 13.0. The number of primary amides is 1. The van der Waals surface area contributed by atoms with E-state index in [-0.39, 0.29) is 43.0 Å². The SMILES string of the molecule is COCCCOc1cc(C[C@@H](C[C@H](NC(=O)OC(C)(C)C)[C@@H](O)C[C@H](C(=O)NCCC(N)=O)C(C)C)C(C)C)ccc1OC. The molecule has 0 saturated carbocycles. The van der Waals surface area contributed by atoms with Crippen molar-refractivity contribution in [1.82, 2.24) is 10.6 Å². The van der Waals surface area contributed by atoms with E-state index in [1.165, 1.54) is 0 Å². The molecular formula is C33H57N3O8. The van der Waals surface area contributed by atoms with Crippen molar-refractivity contribution < 1.29 is 38.4 Å². The number of nitrogens with two attached hydrogens (primary N) is 1. The highest BCUT2D eigenvalue weighted by molar-refractivity contribution is 5.80. The molecule has 0 radical (unpaired) electrons. The Morgan fingerprint density at radius 1 is 0.977 bits per heavy atom. The summed E-state index contributed by atoms with van der Waals surface area (Å²) in [6, 6.07) is 5.17. The Kier molecular flexibility index (Phi) is 17.1. The van der Waals surface area contributed by atoms with Crippen LogP contribution in [0.15, 0.2) is 18.2 Å². The predicted octanol–water partition coefficient (Wildman–Crippen LogP) is 4.22. The van der Waals surface area contributed by atoms with E-state index in [1.807, 2.05) is 32.0 Å². The molecule has 3 amide bonds. The topological polar surface area (TPSA) is 158 Å². The molecule has 252 valence electrons. The van der Waals surface area contributed by atoms with E-state index in [0.29, 0.717) is 37.6 Å². The fourth-order valence-corrected chi connectivity index (χ4v) is 4.88. The summed E-state index contributed by atoms with van der Waals surface area (Å²) >= 11 is 0. The van der Waals surface area contributed by atoms with Gasteiger partial charge in [-0.25, -0.2) is 4.79 Å². The molecule has 1 rings (SSSR count). The number of amides is 3. The largest absolute Gasteiger partial charge is 0.493 e. The van der Waals surface area contributed by atoms with Crippen LogP contribution in [0.4, 0.5) is 4.79 Å². The Bertz CT molecular complexity index is 1020. The van der Waals surface area contributed by atoms with Crippen LogP contribution >= 0.6 is 0 Å². The summed E-state index contributed by atoms with van der Waals surface area (Å²) in [6.45, 7) is 14.6. The number of hydrogen-bond acceptors (Lipinski definition) is 8. The van der Waals surface area contributed by atoms with E-state index >= 15 is 0 Å². The normalized spacial score (nSPS) is 14.5. The quantitative estimate of drug-likeness (QED) is 0.157. The predicted molar refractivity (Wildman–Crippen MR) is 171 cm³/mol. The zero-order valence-corrected chi connectivity index (χ0v) is 28.2. The summed E-state index contributed by atoms with van der Waals surface area (Å²) in [5, 5.41) is 17.2. The van der Waals surface area contributed by atoms with Gasteiger partial charge in [0.2, 0.25) is 11.8 Å². The number of benzene rings is 1. The third-order valence-corrected chi connectivity index (χ3v) is 7.45. The first-order chi connectivity index (χ1) is 20.6. The number of aliphatic hydroxyl groups is 1. The summed E-state index contributed by atoms with van der Waals surface area (Å²) in [7, 11) is 3.25. The van der Waals surface area contributed by atoms with Gasteiger partial charge in [-0.05, 0) is 75.5 Å². The molecular weight excluding hydrogens is 566 g/mol. The van der Waals surface area contributed by atoms with Crippen molar-refractivity contribution in [2.45, 2.75) is 98.3 Å². The smallest absolute Gasteiger partial charge is 0.407 e. The van der Waals surface area contributed by atoms with E-state index in [0.717, 1.165) is 12.0 Å². The van der Waals surface area contributed by atoms with Gasteiger partial charge in [-0.2, -0.15) is 0 Å². The van der Waals surface area contributed by atoms with E-state index in [2.05, 4.69) is 24.5 Å². The maximum Gasteiger partial charge on any atom is 0.407 e. The zero-order valence-electron chi connectivity index (χ0n) is 28.2. The minimum absolute atomic E-state index is 0.0310. The molecule has 4 atom stereocenters. The van der Waals surface area contributed by atoms with E-state index < -0.39 is 35.7 Å². The van der Waals surface area contributed by atoms with Crippen molar-refractivity contribution in [3.8, 4) is 11.5 Å². The van der Waals surface area contributed by atoms with Crippen molar-refractivity contribution in [2.24, 2.45) is 29.4 Å². The lowest BCUT2D eigenvalue weighted by atomic mass is 9.80. The maximum atomic E-state index is 13.0. The fourth-order valence-electron chi connectivity index (χ4n) is 4.88. The summed E-state index contributed by atoms with van der Waals surface area (Å²) in [5.74, 6) is 0.135.